The second-order valence-electron chi connectivity index (χ2n) is 18.5. The molecule has 13 aromatic rings. The normalized spacial score (nSPS) is 13.0. The van der Waals surface area contributed by atoms with Crippen LogP contribution in [0.1, 0.15) is 25.0 Å². The van der Waals surface area contributed by atoms with Gasteiger partial charge in [-0.2, -0.15) is 0 Å². The second kappa shape index (κ2) is 14.2. The molecule has 0 fully saturated rings. The number of hydrogen-bond donors (Lipinski definition) is 0. The molecule has 1 aliphatic carbocycles. The average Bonchev–Trinajstić information content (AvgIpc) is 4.08. The summed E-state index contributed by atoms with van der Waals surface area (Å²) >= 11 is 0. The van der Waals surface area contributed by atoms with Crippen molar-refractivity contribution in [1.82, 2.24) is 9.13 Å². The van der Waals surface area contributed by atoms with E-state index < -0.39 is 0 Å². The van der Waals surface area contributed by atoms with Crippen molar-refractivity contribution in [2.45, 2.75) is 19.3 Å². The first-order valence-electron chi connectivity index (χ1n) is 23.2. The van der Waals surface area contributed by atoms with Gasteiger partial charge in [-0.3, -0.25) is 0 Å². The van der Waals surface area contributed by atoms with Gasteiger partial charge in [0.05, 0.1) is 22.1 Å². The molecule has 4 nitrogen and oxygen atoms in total. The summed E-state index contributed by atoms with van der Waals surface area (Å²) < 4.78 is 11.2. The van der Waals surface area contributed by atoms with E-state index in [1.54, 1.807) is 0 Å². The molecule has 0 saturated heterocycles. The average molecular weight is 858 g/mol. The molecule has 0 unspecified atom stereocenters. The maximum absolute atomic E-state index is 6.43. The molecule has 0 atom stereocenters. The van der Waals surface area contributed by atoms with Crippen LogP contribution in [0.25, 0.3) is 99.2 Å². The Balaban J connectivity index is 0.896. The van der Waals surface area contributed by atoms with Crippen LogP contribution in [-0.2, 0) is 5.41 Å². The highest BCUT2D eigenvalue weighted by molar-refractivity contribution is 6.17. The summed E-state index contributed by atoms with van der Waals surface area (Å²) in [6, 6.07) is 81.9. The van der Waals surface area contributed by atoms with E-state index in [1.165, 1.54) is 66.0 Å². The molecule has 0 spiro atoms. The van der Waals surface area contributed by atoms with Gasteiger partial charge >= 0.3 is 0 Å². The minimum Gasteiger partial charge on any atom is -0.456 e. The summed E-state index contributed by atoms with van der Waals surface area (Å²) in [5.41, 5.74) is 19.6. The Kier molecular flexibility index (Phi) is 8.00. The summed E-state index contributed by atoms with van der Waals surface area (Å²) in [5, 5.41) is 7.21. The summed E-state index contributed by atoms with van der Waals surface area (Å²) in [6.07, 6.45) is 0. The number of anilines is 3. The lowest BCUT2D eigenvalue weighted by Crippen LogP contribution is -2.16. The molecule has 0 radical (unpaired) electrons. The van der Waals surface area contributed by atoms with Gasteiger partial charge < -0.3 is 18.5 Å². The van der Waals surface area contributed by atoms with Crippen LogP contribution >= 0.6 is 0 Å². The summed E-state index contributed by atoms with van der Waals surface area (Å²) in [4.78, 5) is 2.41. The van der Waals surface area contributed by atoms with E-state index in [0.29, 0.717) is 0 Å². The SMILES string of the molecule is CC1(C)c2ccccc2-c2ccc(N(c3ccc(-c4ccc5c(c4)c4ccccc4n5-c4ccccc4)cc3)c3ccc(-n4c5ccccc5c5cc6c(cc54)oc4ccccc46)cc3)cc21. The Morgan fingerprint density at radius 3 is 1.66 bits per heavy atom. The minimum absolute atomic E-state index is 0.134. The molecule has 1 aliphatic rings. The highest BCUT2D eigenvalue weighted by Gasteiger charge is 2.35. The fourth-order valence-electron chi connectivity index (χ4n) is 11.3. The second-order valence-corrected chi connectivity index (χ2v) is 18.5. The Morgan fingerprint density at radius 1 is 0.343 bits per heavy atom. The number of aromatic nitrogens is 2. The molecule has 0 amide bonds. The number of hydrogen-bond acceptors (Lipinski definition) is 2. The monoisotopic (exact) mass is 857 g/mol. The highest BCUT2D eigenvalue weighted by atomic mass is 16.3. The quantitative estimate of drug-likeness (QED) is 0.167. The van der Waals surface area contributed by atoms with Gasteiger partial charge in [-0.25, -0.2) is 0 Å². The van der Waals surface area contributed by atoms with Gasteiger partial charge in [0.15, 0.2) is 0 Å². The van der Waals surface area contributed by atoms with Crippen molar-refractivity contribution < 1.29 is 4.42 Å². The lowest BCUT2D eigenvalue weighted by Gasteiger charge is -2.28. The highest BCUT2D eigenvalue weighted by Crippen LogP contribution is 2.51. The Bertz CT molecular complexity index is 4110. The van der Waals surface area contributed by atoms with Crippen LogP contribution in [0.2, 0.25) is 0 Å². The Labute approximate surface area is 387 Å². The number of nitrogens with zero attached hydrogens (tertiary/aromatic N) is 3. The van der Waals surface area contributed by atoms with E-state index in [-0.39, 0.29) is 5.41 Å². The molecule has 3 aromatic heterocycles. The van der Waals surface area contributed by atoms with Gasteiger partial charge in [-0.15, -0.1) is 0 Å². The number of furan rings is 1. The third-order valence-electron chi connectivity index (χ3n) is 14.5. The molecular formula is C63H43N3O. The molecule has 0 saturated carbocycles. The van der Waals surface area contributed by atoms with E-state index in [9.17, 15) is 0 Å². The van der Waals surface area contributed by atoms with Crippen LogP contribution in [0.4, 0.5) is 17.1 Å². The summed E-state index contributed by atoms with van der Waals surface area (Å²) in [5.74, 6) is 0. The zero-order valence-electron chi connectivity index (χ0n) is 37.1. The van der Waals surface area contributed by atoms with E-state index in [1.807, 2.05) is 6.07 Å². The van der Waals surface area contributed by atoms with Gasteiger partial charge in [-0.1, -0.05) is 135 Å². The minimum atomic E-state index is -0.134. The summed E-state index contributed by atoms with van der Waals surface area (Å²) in [7, 11) is 0. The van der Waals surface area contributed by atoms with Crippen LogP contribution in [-0.4, -0.2) is 9.13 Å². The van der Waals surface area contributed by atoms with Gasteiger partial charge in [0.25, 0.3) is 0 Å². The van der Waals surface area contributed by atoms with E-state index in [2.05, 4.69) is 246 Å². The Hall–Kier alpha value is -8.60. The first kappa shape index (κ1) is 37.7. The zero-order chi connectivity index (χ0) is 44.4. The lowest BCUT2D eigenvalue weighted by molar-refractivity contribution is 0.660. The largest absolute Gasteiger partial charge is 0.456 e. The zero-order valence-corrected chi connectivity index (χ0v) is 37.1. The van der Waals surface area contributed by atoms with Crippen molar-refractivity contribution in [1.29, 1.82) is 0 Å². The maximum atomic E-state index is 6.43. The Morgan fingerprint density at radius 2 is 0.896 bits per heavy atom. The van der Waals surface area contributed by atoms with Gasteiger partial charge in [0.1, 0.15) is 11.2 Å². The van der Waals surface area contributed by atoms with Gasteiger partial charge in [0.2, 0.25) is 0 Å². The lowest BCUT2D eigenvalue weighted by atomic mass is 9.82. The molecule has 67 heavy (non-hydrogen) atoms. The molecular weight excluding hydrogens is 815 g/mol. The molecule has 4 heteroatoms. The van der Waals surface area contributed by atoms with Crippen LogP contribution in [0.3, 0.4) is 0 Å². The smallest absolute Gasteiger partial charge is 0.137 e. The molecule has 0 aliphatic heterocycles. The first-order chi connectivity index (χ1) is 33.0. The summed E-state index contributed by atoms with van der Waals surface area (Å²) in [6.45, 7) is 4.71. The van der Waals surface area contributed by atoms with Gasteiger partial charge in [0, 0.05) is 72.2 Å². The standard InChI is InChI=1S/C63H43N3O/c1-63(2)55-20-10-6-16-47(55)48-34-33-46(37-56(48)63)64(43-27-24-40(25-28-43)41-26-35-59-52(36-41)49-17-7-11-21-57(49)65(59)42-14-4-3-5-15-42)44-29-31-45(32-30-44)66-58-22-12-8-18-50(58)53-38-54-51-19-9-13-23-61(51)67-62(54)39-60(53)66/h3-39H,1-2H3. The predicted molar refractivity (Wildman–Crippen MR) is 280 cm³/mol. The molecule has 10 aromatic carbocycles. The maximum Gasteiger partial charge on any atom is 0.137 e. The first-order valence-corrected chi connectivity index (χ1v) is 23.2. The van der Waals surface area contributed by atoms with Crippen LogP contribution in [0.15, 0.2) is 229 Å². The van der Waals surface area contributed by atoms with Crippen LogP contribution < -0.4 is 4.90 Å². The van der Waals surface area contributed by atoms with E-state index >= 15 is 0 Å². The fraction of sp³-hybridized carbons (Fsp3) is 0.0476. The van der Waals surface area contributed by atoms with E-state index in [4.69, 9.17) is 4.42 Å². The van der Waals surface area contributed by atoms with Crippen molar-refractivity contribution in [3.63, 3.8) is 0 Å². The predicted octanol–water partition coefficient (Wildman–Crippen LogP) is 17.2. The number of rotatable bonds is 6. The van der Waals surface area contributed by atoms with Crippen molar-refractivity contribution in [3.8, 4) is 33.6 Å². The number of fused-ring (bicyclic) bond motifs is 12. The van der Waals surface area contributed by atoms with E-state index in [0.717, 1.165) is 61.4 Å². The van der Waals surface area contributed by atoms with Crippen molar-refractivity contribution in [2.75, 3.05) is 4.90 Å². The number of para-hydroxylation sites is 4. The third-order valence-corrected chi connectivity index (χ3v) is 14.5. The molecule has 14 rings (SSSR count). The van der Waals surface area contributed by atoms with Crippen molar-refractivity contribution in [3.05, 3.63) is 236 Å². The molecule has 0 N–H and O–H groups in total. The molecule has 316 valence electrons. The molecule has 0 bridgehead atoms. The molecule has 3 heterocycles. The fourth-order valence-corrected chi connectivity index (χ4v) is 11.3. The van der Waals surface area contributed by atoms with Crippen LogP contribution in [0.5, 0.6) is 0 Å². The topological polar surface area (TPSA) is 26.2 Å². The third kappa shape index (κ3) is 5.60. The van der Waals surface area contributed by atoms with Gasteiger partial charge in [-0.05, 0) is 130 Å². The van der Waals surface area contributed by atoms with Crippen molar-refractivity contribution >= 4 is 82.6 Å². The number of benzene rings is 10. The van der Waals surface area contributed by atoms with Crippen LogP contribution in [0, 0.1) is 0 Å². The van der Waals surface area contributed by atoms with Crippen molar-refractivity contribution in [2.24, 2.45) is 0 Å².